The topological polar surface area (TPSA) is 101 Å². The number of carbonyl (C=O) groups excluding carboxylic acids is 2. The van der Waals surface area contributed by atoms with Crippen LogP contribution in [-0.2, 0) is 11.2 Å². The quantitative estimate of drug-likeness (QED) is 0.853. The lowest BCUT2D eigenvalue weighted by Gasteiger charge is -2.19. The van der Waals surface area contributed by atoms with E-state index in [1.807, 2.05) is 5.38 Å². The van der Waals surface area contributed by atoms with E-state index >= 15 is 0 Å². The number of amides is 3. The molecule has 1 saturated carbocycles. The Kier molecular flexibility index (Phi) is 3.37. The first-order valence-electron chi connectivity index (χ1n) is 7.54. The van der Waals surface area contributed by atoms with E-state index in [1.54, 1.807) is 6.20 Å². The Bertz CT molecular complexity index is 735. The summed E-state index contributed by atoms with van der Waals surface area (Å²) in [6, 6.07) is -0.321. The van der Waals surface area contributed by atoms with E-state index < -0.39 is 5.54 Å². The molecule has 1 spiro atoms. The third-order valence-electron chi connectivity index (χ3n) is 4.41. The number of hydrogen-bond donors (Lipinski definition) is 1. The monoisotopic (exact) mass is 333 g/mol. The van der Waals surface area contributed by atoms with Crippen LogP contribution in [0.3, 0.4) is 0 Å². The molecule has 2 aromatic heterocycles. The number of carbonyl (C=O) groups is 2. The predicted octanol–water partition coefficient (Wildman–Crippen LogP) is 1.60. The van der Waals surface area contributed by atoms with E-state index in [4.69, 9.17) is 4.52 Å². The van der Waals surface area contributed by atoms with E-state index in [-0.39, 0.29) is 18.5 Å². The lowest BCUT2D eigenvalue weighted by Crippen LogP contribution is -2.44. The fourth-order valence-corrected chi connectivity index (χ4v) is 3.71. The normalized spacial score (nSPS) is 19.7. The van der Waals surface area contributed by atoms with Crippen LogP contribution in [0.5, 0.6) is 0 Å². The maximum absolute atomic E-state index is 12.5. The summed E-state index contributed by atoms with van der Waals surface area (Å²) < 4.78 is 9.17. The van der Waals surface area contributed by atoms with Crippen molar-refractivity contribution in [2.45, 2.75) is 37.6 Å². The number of rotatable bonds is 4. The standard InChI is InChI=1S/C14H15N5O3S/c20-12-14(4-1-2-5-14)17-13(21)19(12)6-3-10-16-11(18-22-10)9-7-15-23-8-9/h7-8H,1-6H2,(H,17,21). The molecule has 0 aromatic carbocycles. The highest BCUT2D eigenvalue weighted by Crippen LogP contribution is 2.35. The molecule has 4 rings (SSSR count). The van der Waals surface area contributed by atoms with E-state index in [0.29, 0.717) is 18.1 Å². The molecule has 3 heterocycles. The zero-order chi connectivity index (χ0) is 15.9. The second-order valence-corrected chi connectivity index (χ2v) is 6.51. The molecule has 1 saturated heterocycles. The molecule has 2 aromatic rings. The van der Waals surface area contributed by atoms with Gasteiger partial charge in [0, 0.05) is 18.3 Å². The molecule has 2 fully saturated rings. The van der Waals surface area contributed by atoms with Gasteiger partial charge in [-0.3, -0.25) is 9.69 Å². The van der Waals surface area contributed by atoms with Gasteiger partial charge < -0.3 is 9.84 Å². The van der Waals surface area contributed by atoms with Crippen molar-refractivity contribution in [3.8, 4) is 11.4 Å². The van der Waals surface area contributed by atoms with Gasteiger partial charge in [0.15, 0.2) is 0 Å². The van der Waals surface area contributed by atoms with Gasteiger partial charge in [-0.15, -0.1) is 0 Å². The van der Waals surface area contributed by atoms with Crippen LogP contribution >= 0.6 is 11.5 Å². The Hall–Kier alpha value is -2.29. The highest BCUT2D eigenvalue weighted by molar-refractivity contribution is 7.03. The van der Waals surface area contributed by atoms with E-state index in [0.717, 1.165) is 31.2 Å². The van der Waals surface area contributed by atoms with Crippen LogP contribution in [-0.4, -0.2) is 43.4 Å². The van der Waals surface area contributed by atoms with Gasteiger partial charge in [-0.1, -0.05) is 18.0 Å². The first kappa shape index (κ1) is 14.3. The van der Waals surface area contributed by atoms with Crippen LogP contribution in [0.4, 0.5) is 4.79 Å². The molecule has 1 aliphatic heterocycles. The van der Waals surface area contributed by atoms with Crippen molar-refractivity contribution in [3.63, 3.8) is 0 Å². The minimum Gasteiger partial charge on any atom is -0.339 e. The largest absolute Gasteiger partial charge is 0.339 e. The molecule has 0 atom stereocenters. The van der Waals surface area contributed by atoms with E-state index in [2.05, 4.69) is 19.8 Å². The second-order valence-electron chi connectivity index (χ2n) is 5.85. The van der Waals surface area contributed by atoms with Crippen molar-refractivity contribution in [2.75, 3.05) is 6.54 Å². The number of imide groups is 1. The Labute approximate surface area is 136 Å². The van der Waals surface area contributed by atoms with Gasteiger partial charge >= 0.3 is 6.03 Å². The summed E-state index contributed by atoms with van der Waals surface area (Å²) in [7, 11) is 0. The van der Waals surface area contributed by atoms with Crippen molar-refractivity contribution >= 4 is 23.5 Å². The molecule has 1 N–H and O–H groups in total. The summed E-state index contributed by atoms with van der Waals surface area (Å²) in [6.45, 7) is 0.246. The maximum Gasteiger partial charge on any atom is 0.325 e. The summed E-state index contributed by atoms with van der Waals surface area (Å²) in [4.78, 5) is 30.1. The summed E-state index contributed by atoms with van der Waals surface area (Å²) in [5.74, 6) is 0.749. The molecule has 120 valence electrons. The van der Waals surface area contributed by atoms with Crippen LogP contribution in [0.2, 0.25) is 0 Å². The van der Waals surface area contributed by atoms with E-state index in [1.165, 1.54) is 16.4 Å². The van der Waals surface area contributed by atoms with Crippen molar-refractivity contribution in [1.29, 1.82) is 0 Å². The minimum absolute atomic E-state index is 0.123. The molecular formula is C14H15N5O3S. The first-order chi connectivity index (χ1) is 11.2. The fourth-order valence-electron chi connectivity index (χ4n) is 3.19. The molecule has 1 aliphatic carbocycles. The Morgan fingerprint density at radius 1 is 1.35 bits per heavy atom. The lowest BCUT2D eigenvalue weighted by atomic mass is 9.98. The van der Waals surface area contributed by atoms with Gasteiger partial charge in [0.1, 0.15) is 5.54 Å². The first-order valence-corrected chi connectivity index (χ1v) is 8.38. The van der Waals surface area contributed by atoms with E-state index in [9.17, 15) is 9.59 Å². The molecule has 0 radical (unpaired) electrons. The van der Waals surface area contributed by atoms with Gasteiger partial charge in [0.2, 0.25) is 11.7 Å². The van der Waals surface area contributed by atoms with Crippen LogP contribution < -0.4 is 5.32 Å². The molecule has 8 nitrogen and oxygen atoms in total. The average molecular weight is 333 g/mol. The Morgan fingerprint density at radius 2 is 2.17 bits per heavy atom. The van der Waals surface area contributed by atoms with Gasteiger partial charge in [0.25, 0.3) is 5.91 Å². The van der Waals surface area contributed by atoms with Crippen molar-refractivity contribution in [3.05, 3.63) is 17.5 Å². The van der Waals surface area contributed by atoms with Gasteiger partial charge in [-0.25, -0.2) is 9.17 Å². The molecule has 3 amide bonds. The smallest absolute Gasteiger partial charge is 0.325 e. The molecule has 2 aliphatic rings. The second kappa shape index (κ2) is 5.41. The Morgan fingerprint density at radius 3 is 2.91 bits per heavy atom. The SMILES string of the molecule is O=C1NC2(CCCC2)C(=O)N1CCc1nc(-c2cnsc2)no1. The predicted molar refractivity (Wildman–Crippen MR) is 80.6 cm³/mol. The summed E-state index contributed by atoms with van der Waals surface area (Å²) in [5.41, 5.74) is 0.129. The third-order valence-corrected chi connectivity index (χ3v) is 5.00. The van der Waals surface area contributed by atoms with Crippen LogP contribution in [0.15, 0.2) is 16.1 Å². The number of urea groups is 1. The lowest BCUT2D eigenvalue weighted by molar-refractivity contribution is -0.131. The summed E-state index contributed by atoms with van der Waals surface area (Å²) in [6.07, 6.45) is 5.41. The molecule has 0 unspecified atom stereocenters. The Balaban J connectivity index is 1.43. The zero-order valence-electron chi connectivity index (χ0n) is 12.3. The van der Waals surface area contributed by atoms with Crippen molar-refractivity contribution in [1.82, 2.24) is 24.7 Å². The molecule has 9 heteroatoms. The molecule has 0 bridgehead atoms. The van der Waals surface area contributed by atoms with Gasteiger partial charge in [0.05, 0.1) is 11.8 Å². The molecular weight excluding hydrogens is 318 g/mol. The number of aromatic nitrogens is 3. The van der Waals surface area contributed by atoms with Crippen LogP contribution in [0.1, 0.15) is 31.6 Å². The highest BCUT2D eigenvalue weighted by atomic mass is 32.1. The number of nitrogens with zero attached hydrogens (tertiary/aromatic N) is 4. The summed E-state index contributed by atoms with van der Waals surface area (Å²) in [5, 5.41) is 8.58. The number of nitrogens with one attached hydrogen (secondary N) is 1. The number of hydrogen-bond acceptors (Lipinski definition) is 7. The van der Waals surface area contributed by atoms with Crippen LogP contribution in [0, 0.1) is 0 Å². The minimum atomic E-state index is -0.667. The highest BCUT2D eigenvalue weighted by Gasteiger charge is 2.52. The summed E-state index contributed by atoms with van der Waals surface area (Å²) >= 11 is 1.31. The average Bonchev–Trinajstić information content (AvgIpc) is 3.30. The third kappa shape index (κ3) is 2.40. The van der Waals surface area contributed by atoms with Crippen molar-refractivity contribution in [2.24, 2.45) is 0 Å². The van der Waals surface area contributed by atoms with Gasteiger partial charge in [-0.2, -0.15) is 4.98 Å². The van der Waals surface area contributed by atoms with Crippen molar-refractivity contribution < 1.29 is 14.1 Å². The maximum atomic E-state index is 12.5. The molecule has 23 heavy (non-hydrogen) atoms. The van der Waals surface area contributed by atoms with Gasteiger partial charge in [-0.05, 0) is 24.4 Å². The fraction of sp³-hybridized carbons (Fsp3) is 0.500. The van der Waals surface area contributed by atoms with Crippen LogP contribution in [0.25, 0.3) is 11.4 Å². The zero-order valence-corrected chi connectivity index (χ0v) is 13.1.